The molecule has 2 heteroatoms. The molecule has 31 valence electrons. The lowest BCUT2D eigenvalue weighted by Gasteiger charge is -1.83. The van der Waals surface area contributed by atoms with Crippen molar-refractivity contribution in [3.05, 3.63) is 0 Å². The first-order chi connectivity index (χ1) is 2.27. The van der Waals surface area contributed by atoms with Gasteiger partial charge in [0.2, 0.25) is 0 Å². The Bertz CT molecular complexity index is 20.9. The number of alkyl halides is 1. The van der Waals surface area contributed by atoms with Crippen LogP contribution in [0, 0.1) is 0 Å². The first kappa shape index (κ1) is 5.69. The molecule has 0 amide bonds. The Morgan fingerprint density at radius 3 is 2.20 bits per heavy atom. The maximum absolute atomic E-state index is 9.88. The van der Waals surface area contributed by atoms with Gasteiger partial charge in [-0.15, -0.1) is 0 Å². The van der Waals surface area contributed by atoms with Crippen LogP contribution < -0.4 is 0 Å². The van der Waals surface area contributed by atoms with Crippen molar-refractivity contribution in [1.82, 2.24) is 0 Å². The van der Waals surface area contributed by atoms with Gasteiger partial charge in [-0.25, -0.2) is 5.11 Å². The molecule has 0 aromatic carbocycles. The Kier molecular flexibility index (Phi) is 3.30. The normalized spacial score (nSPS) is 15.0. The highest BCUT2D eigenvalue weighted by molar-refractivity contribution is 14.1. The van der Waals surface area contributed by atoms with Crippen LogP contribution in [0.2, 0.25) is 0 Å². The molecule has 0 fully saturated rings. The summed E-state index contributed by atoms with van der Waals surface area (Å²) in [6.07, 6.45) is 0.737. The van der Waals surface area contributed by atoms with Crippen LogP contribution in [0.15, 0.2) is 0 Å². The zero-order valence-corrected chi connectivity index (χ0v) is 5.23. The standard InChI is InChI=1S/C3H6IO/c1-2-3(4)5/h3H,2H2,1H3. The highest BCUT2D eigenvalue weighted by Crippen LogP contribution is 1.97. The lowest BCUT2D eigenvalue weighted by Crippen LogP contribution is -1.83. The molecular weight excluding hydrogens is 179 g/mol. The molecule has 1 atom stereocenters. The summed E-state index contributed by atoms with van der Waals surface area (Å²) in [4.78, 5) is 0. The van der Waals surface area contributed by atoms with Crippen molar-refractivity contribution in [3.63, 3.8) is 0 Å². The van der Waals surface area contributed by atoms with E-state index in [1.165, 1.54) is 0 Å². The minimum Gasteiger partial charge on any atom is -0.222 e. The van der Waals surface area contributed by atoms with Crippen molar-refractivity contribution in [2.24, 2.45) is 0 Å². The lowest BCUT2D eigenvalue weighted by molar-refractivity contribution is 0.176. The highest BCUT2D eigenvalue weighted by atomic mass is 127. The van der Waals surface area contributed by atoms with Gasteiger partial charge < -0.3 is 0 Å². The van der Waals surface area contributed by atoms with E-state index in [1.54, 1.807) is 0 Å². The summed E-state index contributed by atoms with van der Waals surface area (Å²) in [5, 5.41) is 9.88. The molecule has 0 aliphatic heterocycles. The highest BCUT2D eigenvalue weighted by Gasteiger charge is 1.87. The monoisotopic (exact) mass is 185 g/mol. The molecule has 1 nitrogen and oxygen atoms in total. The van der Waals surface area contributed by atoms with Crippen molar-refractivity contribution in [2.75, 3.05) is 0 Å². The lowest BCUT2D eigenvalue weighted by atomic mass is 10.5. The molecule has 5 heavy (non-hydrogen) atoms. The minimum absolute atomic E-state index is 0.396. The maximum atomic E-state index is 9.88. The van der Waals surface area contributed by atoms with Crippen LogP contribution in [0.25, 0.3) is 0 Å². The van der Waals surface area contributed by atoms with Crippen molar-refractivity contribution in [1.29, 1.82) is 0 Å². The van der Waals surface area contributed by atoms with Crippen molar-refractivity contribution < 1.29 is 5.11 Å². The molecule has 0 aromatic heterocycles. The summed E-state index contributed by atoms with van der Waals surface area (Å²) in [6, 6.07) is 0. The van der Waals surface area contributed by atoms with Gasteiger partial charge in [0.15, 0.2) is 0 Å². The van der Waals surface area contributed by atoms with Gasteiger partial charge in [0.1, 0.15) is 4.11 Å². The van der Waals surface area contributed by atoms with Gasteiger partial charge >= 0.3 is 0 Å². The minimum atomic E-state index is -0.396. The van der Waals surface area contributed by atoms with E-state index in [0.29, 0.717) is 0 Å². The molecule has 0 aromatic rings. The summed E-state index contributed by atoms with van der Waals surface area (Å²) >= 11 is 1.85. The topological polar surface area (TPSA) is 19.9 Å². The molecule has 0 heterocycles. The van der Waals surface area contributed by atoms with Crippen LogP contribution in [0.4, 0.5) is 0 Å². The SMILES string of the molecule is CCC([O])I. The van der Waals surface area contributed by atoms with Gasteiger partial charge in [-0.1, -0.05) is 6.92 Å². The Morgan fingerprint density at radius 1 is 2.00 bits per heavy atom. The van der Waals surface area contributed by atoms with E-state index >= 15 is 0 Å². The molecule has 0 aliphatic carbocycles. The first-order valence-electron chi connectivity index (χ1n) is 1.57. The van der Waals surface area contributed by atoms with E-state index in [9.17, 15) is 5.11 Å². The molecule has 0 saturated heterocycles. The molecule has 1 radical (unpaired) electrons. The Hall–Kier alpha value is 0.690. The zero-order chi connectivity index (χ0) is 4.28. The van der Waals surface area contributed by atoms with Crippen LogP contribution in [0.5, 0.6) is 0 Å². The maximum Gasteiger partial charge on any atom is 0.143 e. The molecule has 0 rings (SSSR count). The van der Waals surface area contributed by atoms with E-state index in [0.717, 1.165) is 6.42 Å². The molecule has 0 bridgehead atoms. The number of hydrogen-bond donors (Lipinski definition) is 0. The molecule has 0 aliphatic rings. The van der Waals surface area contributed by atoms with Gasteiger partial charge in [-0.05, 0) is 29.0 Å². The fraction of sp³-hybridized carbons (Fsp3) is 1.00. The van der Waals surface area contributed by atoms with Crippen LogP contribution in [-0.2, 0) is 5.11 Å². The number of rotatable bonds is 1. The van der Waals surface area contributed by atoms with Crippen molar-refractivity contribution >= 4 is 22.6 Å². The van der Waals surface area contributed by atoms with Gasteiger partial charge in [0.05, 0.1) is 0 Å². The number of halogens is 1. The fourth-order valence-corrected chi connectivity index (χ4v) is 0. The summed E-state index contributed by atoms with van der Waals surface area (Å²) < 4.78 is -0.396. The smallest absolute Gasteiger partial charge is 0.143 e. The molecule has 0 spiro atoms. The second-order valence-electron chi connectivity index (χ2n) is 0.818. The van der Waals surface area contributed by atoms with Gasteiger partial charge in [-0.2, -0.15) is 0 Å². The fourth-order valence-electron chi connectivity index (χ4n) is 0. The summed E-state index contributed by atoms with van der Waals surface area (Å²) in [5.74, 6) is 0. The van der Waals surface area contributed by atoms with Gasteiger partial charge in [-0.3, -0.25) is 0 Å². The Morgan fingerprint density at radius 2 is 2.20 bits per heavy atom. The van der Waals surface area contributed by atoms with Crippen LogP contribution >= 0.6 is 22.6 Å². The third-order valence-corrected chi connectivity index (χ3v) is 1.20. The molecular formula is C3H6IO. The predicted octanol–water partition coefficient (Wildman–Crippen LogP) is 1.59. The van der Waals surface area contributed by atoms with Gasteiger partial charge in [0, 0.05) is 0 Å². The van der Waals surface area contributed by atoms with Crippen LogP contribution in [0.3, 0.4) is 0 Å². The third kappa shape index (κ3) is 4.69. The molecule has 0 N–H and O–H groups in total. The second kappa shape index (κ2) is 2.90. The Balaban J connectivity index is 2.54. The number of hydrogen-bond acceptors (Lipinski definition) is 0. The van der Waals surface area contributed by atoms with Gasteiger partial charge in [0.25, 0.3) is 0 Å². The van der Waals surface area contributed by atoms with Crippen molar-refractivity contribution in [2.45, 2.75) is 17.5 Å². The van der Waals surface area contributed by atoms with Crippen LogP contribution in [-0.4, -0.2) is 4.11 Å². The van der Waals surface area contributed by atoms with E-state index in [1.807, 2.05) is 29.5 Å². The predicted molar refractivity (Wildman–Crippen MR) is 28.8 cm³/mol. The molecule has 1 unspecified atom stereocenters. The average Bonchev–Trinajstić information content (AvgIpc) is 1.38. The van der Waals surface area contributed by atoms with E-state index < -0.39 is 4.11 Å². The summed E-state index contributed by atoms with van der Waals surface area (Å²) in [7, 11) is 0. The largest absolute Gasteiger partial charge is 0.222 e. The molecule has 0 saturated carbocycles. The van der Waals surface area contributed by atoms with Crippen molar-refractivity contribution in [3.8, 4) is 0 Å². The first-order valence-corrected chi connectivity index (χ1v) is 2.81. The summed E-state index contributed by atoms with van der Waals surface area (Å²) in [5.41, 5.74) is 0. The van der Waals surface area contributed by atoms with E-state index in [-0.39, 0.29) is 0 Å². The summed E-state index contributed by atoms with van der Waals surface area (Å²) in [6.45, 7) is 1.88. The third-order valence-electron chi connectivity index (χ3n) is 0.321. The zero-order valence-electron chi connectivity index (χ0n) is 3.07. The van der Waals surface area contributed by atoms with E-state index in [4.69, 9.17) is 0 Å². The van der Waals surface area contributed by atoms with Crippen LogP contribution in [0.1, 0.15) is 13.3 Å². The Labute approximate surface area is 45.5 Å². The average molecular weight is 185 g/mol. The second-order valence-corrected chi connectivity index (χ2v) is 2.21. The van der Waals surface area contributed by atoms with E-state index in [2.05, 4.69) is 0 Å². The quantitative estimate of drug-likeness (QED) is 0.436.